The Kier molecular flexibility index (Phi) is 19.3. The first kappa shape index (κ1) is 79.6. The first-order valence-corrected chi connectivity index (χ1v) is 36.9. The van der Waals surface area contributed by atoms with Gasteiger partial charge in [-0.15, -0.1) is 0 Å². The SMILES string of the molecule is Cc1ccc(-c2cn(-c3c(-n4cc(-c5ccc(C(F)(F)F)cc5)c(-c5ccc(C(F)(F)F)cc5)c4)c(-n4cc(-c5ccc(C(F)(F)F)cc5)c(-c5ccc(C(F)(F)F)cc5)c4)c(-n4cc(-c5ccc(C(F)(F)F)cc5)c(-c5ccc(C(F)(F)F)cc5)c4)c(-n4ccc5ccccc54)c3-n3ccc4ccccc43)cc2-c2ccc(C(F)(F)F)cc2)cc1. The molecule has 0 amide bonds. The van der Waals surface area contributed by atoms with E-state index in [4.69, 9.17) is 0 Å². The Labute approximate surface area is 673 Å². The largest absolute Gasteiger partial charge is 0.416 e. The second-order valence-electron chi connectivity index (χ2n) is 28.9. The lowest BCUT2D eigenvalue weighted by Crippen LogP contribution is -2.18. The first-order valence-electron chi connectivity index (χ1n) is 36.9. The van der Waals surface area contributed by atoms with E-state index in [9.17, 15) is 92.2 Å². The molecule has 17 aromatic rings. The van der Waals surface area contributed by atoms with E-state index < -0.39 is 82.2 Å². The number of alkyl halides is 21. The van der Waals surface area contributed by atoms with Gasteiger partial charge >= 0.3 is 43.2 Å². The Morgan fingerprint density at radius 3 is 0.529 bits per heavy atom. The number of nitrogens with zero attached hydrogens (tertiary/aromatic N) is 6. The molecule has 0 aliphatic rings. The summed E-state index contributed by atoms with van der Waals surface area (Å²) in [6.07, 6.45) is -18.9. The van der Waals surface area contributed by atoms with Crippen LogP contribution in [0.15, 0.2) is 317 Å². The average Bonchev–Trinajstić information content (AvgIpc) is 1.60. The third-order valence-corrected chi connectivity index (χ3v) is 21.4. The van der Waals surface area contributed by atoms with Gasteiger partial charge in [-0.1, -0.05) is 151 Å². The lowest BCUT2D eigenvalue weighted by atomic mass is 9.97. The number of fused-ring (bicyclic) bond motifs is 2. The van der Waals surface area contributed by atoms with E-state index >= 15 is 0 Å². The highest BCUT2D eigenvalue weighted by Crippen LogP contribution is 2.53. The number of halogens is 21. The lowest BCUT2D eigenvalue weighted by Gasteiger charge is -2.30. The number of para-hydroxylation sites is 2. The lowest BCUT2D eigenvalue weighted by molar-refractivity contribution is -0.138. The van der Waals surface area contributed by atoms with Gasteiger partial charge in [0.25, 0.3) is 0 Å². The second kappa shape index (κ2) is 29.3. The molecule has 0 unspecified atom stereocenters. The average molecular weight is 1670 g/mol. The Bertz CT molecular complexity index is 6300. The highest BCUT2D eigenvalue weighted by Gasteiger charge is 2.40. The van der Waals surface area contributed by atoms with Crippen LogP contribution in [0.25, 0.3) is 145 Å². The van der Waals surface area contributed by atoms with Crippen LogP contribution in [0, 0.1) is 6.92 Å². The second-order valence-corrected chi connectivity index (χ2v) is 28.9. The van der Waals surface area contributed by atoms with E-state index in [-0.39, 0.29) is 112 Å². The van der Waals surface area contributed by atoms with Gasteiger partial charge in [-0.05, 0) is 171 Å². The minimum Gasteiger partial charge on any atom is -0.319 e. The van der Waals surface area contributed by atoms with Gasteiger partial charge in [0, 0.05) is 106 Å². The third-order valence-electron chi connectivity index (χ3n) is 21.4. The van der Waals surface area contributed by atoms with Crippen LogP contribution in [-0.2, 0) is 43.2 Å². The molecule has 6 aromatic heterocycles. The van der Waals surface area contributed by atoms with Gasteiger partial charge in [0.15, 0.2) is 0 Å². The molecule has 6 heterocycles. The highest BCUT2D eigenvalue weighted by atomic mass is 19.4. The van der Waals surface area contributed by atoms with Crippen molar-refractivity contribution in [2.75, 3.05) is 0 Å². The zero-order valence-electron chi connectivity index (χ0n) is 62.1. The van der Waals surface area contributed by atoms with E-state index in [1.807, 2.05) is 6.92 Å². The van der Waals surface area contributed by atoms with E-state index in [1.54, 1.807) is 123 Å². The van der Waals surface area contributed by atoms with Crippen molar-refractivity contribution < 1.29 is 92.2 Å². The molecule has 0 saturated carbocycles. The maximum Gasteiger partial charge on any atom is 0.416 e. The van der Waals surface area contributed by atoms with Crippen LogP contribution < -0.4 is 0 Å². The van der Waals surface area contributed by atoms with Gasteiger partial charge < -0.3 is 27.4 Å². The summed E-state index contributed by atoms with van der Waals surface area (Å²) in [5, 5.41) is 1.13. The predicted octanol–water partition coefficient (Wildman–Crippen LogP) is 29.5. The quantitative estimate of drug-likeness (QED) is 0.0972. The molecule has 11 aromatic carbocycles. The molecule has 6 nitrogen and oxygen atoms in total. The molecule has 0 N–H and O–H groups in total. The van der Waals surface area contributed by atoms with Crippen molar-refractivity contribution >= 4 is 21.8 Å². The van der Waals surface area contributed by atoms with E-state index in [0.717, 1.165) is 163 Å². The third kappa shape index (κ3) is 15.1. The molecule has 0 bridgehead atoms. The summed E-state index contributed by atoms with van der Waals surface area (Å²) in [6.45, 7) is 1.81. The molecule has 121 heavy (non-hydrogen) atoms. The minimum absolute atomic E-state index is 0.0108. The molecule has 0 radical (unpaired) electrons. The molecule has 608 valence electrons. The molecular weight excluding hydrogens is 1610 g/mol. The fourth-order valence-electron chi connectivity index (χ4n) is 15.4. The number of benzene rings is 11. The van der Waals surface area contributed by atoms with Crippen LogP contribution in [0.2, 0.25) is 0 Å². The van der Waals surface area contributed by atoms with Gasteiger partial charge in [0.05, 0.1) is 84.1 Å². The fourth-order valence-corrected chi connectivity index (χ4v) is 15.4. The van der Waals surface area contributed by atoms with E-state index in [0.29, 0.717) is 32.9 Å². The molecule has 0 aliphatic carbocycles. The van der Waals surface area contributed by atoms with Crippen molar-refractivity contribution in [3.8, 4) is 123 Å². The number of hydrogen-bond donors (Lipinski definition) is 0. The normalized spacial score (nSPS) is 12.7. The van der Waals surface area contributed by atoms with Gasteiger partial charge in [-0.2, -0.15) is 92.2 Å². The first-order chi connectivity index (χ1) is 57.3. The molecule has 0 spiro atoms. The van der Waals surface area contributed by atoms with Crippen LogP contribution >= 0.6 is 0 Å². The Hall–Kier alpha value is -13.9. The van der Waals surface area contributed by atoms with Crippen LogP contribution in [0.1, 0.15) is 44.5 Å². The minimum atomic E-state index is -4.93. The molecule has 0 atom stereocenters. The van der Waals surface area contributed by atoms with E-state index in [2.05, 4.69) is 0 Å². The van der Waals surface area contributed by atoms with Crippen LogP contribution in [0.5, 0.6) is 0 Å². The zero-order chi connectivity index (χ0) is 85.4. The van der Waals surface area contributed by atoms with Crippen molar-refractivity contribution in [2.45, 2.75) is 50.2 Å². The summed E-state index contributed by atoms with van der Waals surface area (Å²) in [7, 11) is 0. The molecule has 17 rings (SSSR count). The number of aromatic nitrogens is 6. The summed E-state index contributed by atoms with van der Waals surface area (Å²) in [5.41, 5.74) is -4.53. The monoisotopic (exact) mass is 1670 g/mol. The Morgan fingerprint density at radius 1 is 0.182 bits per heavy atom. The van der Waals surface area contributed by atoms with Crippen molar-refractivity contribution in [1.29, 1.82) is 0 Å². The van der Waals surface area contributed by atoms with E-state index in [1.165, 1.54) is 63.0 Å². The number of rotatable bonds is 14. The van der Waals surface area contributed by atoms with Gasteiger partial charge in [-0.3, -0.25) is 0 Å². The van der Waals surface area contributed by atoms with Crippen LogP contribution in [0.3, 0.4) is 0 Å². The van der Waals surface area contributed by atoms with Crippen molar-refractivity contribution in [1.82, 2.24) is 27.4 Å². The summed E-state index contributed by atoms with van der Waals surface area (Å²) < 4.78 is 320. The maximum absolute atomic E-state index is 14.8. The van der Waals surface area contributed by atoms with Gasteiger partial charge in [0.2, 0.25) is 0 Å². The van der Waals surface area contributed by atoms with Gasteiger partial charge in [0.1, 0.15) is 0 Å². The summed E-state index contributed by atoms with van der Waals surface area (Å²) in [4.78, 5) is 0. The smallest absolute Gasteiger partial charge is 0.319 e. The Morgan fingerprint density at radius 2 is 0.347 bits per heavy atom. The molecule has 27 heteroatoms. The summed E-state index contributed by atoms with van der Waals surface area (Å²) >= 11 is 0. The van der Waals surface area contributed by atoms with Crippen LogP contribution in [0.4, 0.5) is 92.2 Å². The van der Waals surface area contributed by atoms with Crippen molar-refractivity contribution in [3.05, 3.63) is 361 Å². The standard InChI is InChI=1S/C94H55F21N6/c1-54-10-12-55(13-11-54)72-50-118(51-77(72)60-22-36-69(37-23-60)92(107,108)109)84-82(116-46-73(56-14-28-65(29-15-56)88(95,96)97)74(47-116)57-16-30-66(31-17-57)89(98,99)100)83(117-48-75(58-18-32-67(33-19-58)90(101,102)103)76(49-117)59-20-34-68(35-21-59)91(104,105)106)85(87(121-45-43-64-7-3-5-9-81(64)121)86(84)120-44-42-63-6-2-4-8-80(63)120)119-52-78(61-24-38-70(39-25-61)93(110,111)112)79(53-119)62-26-40-71(41-27-62)94(113,114)115/h2-53H,1H3. The van der Waals surface area contributed by atoms with Crippen LogP contribution in [-0.4, -0.2) is 27.4 Å². The Balaban J connectivity index is 1.15. The van der Waals surface area contributed by atoms with Crippen molar-refractivity contribution in [2.24, 2.45) is 0 Å². The van der Waals surface area contributed by atoms with Crippen molar-refractivity contribution in [3.63, 3.8) is 0 Å². The maximum atomic E-state index is 14.8. The van der Waals surface area contributed by atoms with Gasteiger partial charge in [-0.25, -0.2) is 0 Å². The molecule has 0 saturated heterocycles. The predicted molar refractivity (Wildman–Crippen MR) is 421 cm³/mol. The summed E-state index contributed by atoms with van der Waals surface area (Å²) in [6, 6.07) is 51.7. The topological polar surface area (TPSA) is 29.6 Å². The molecule has 0 fully saturated rings. The fraction of sp³-hybridized carbons (Fsp3) is 0.0851. The summed E-state index contributed by atoms with van der Waals surface area (Å²) in [5.74, 6) is 0. The highest BCUT2D eigenvalue weighted by molar-refractivity contribution is 5.99. The molecular formula is C94H55F21N6. The number of aryl methyl sites for hydroxylation is 1. The molecule has 0 aliphatic heterocycles. The zero-order valence-corrected chi connectivity index (χ0v) is 62.1. The number of hydrogen-bond acceptors (Lipinski definition) is 0.